The summed E-state index contributed by atoms with van der Waals surface area (Å²) >= 11 is 0. The molecule has 1 heterocycles. The van der Waals surface area contributed by atoms with Crippen molar-refractivity contribution in [3.8, 4) is 0 Å². The van der Waals surface area contributed by atoms with Crippen LogP contribution in [0.4, 0.5) is 0 Å². The third-order valence-electron chi connectivity index (χ3n) is 2.71. The van der Waals surface area contributed by atoms with Crippen LogP contribution in [0, 0.1) is 0 Å². The van der Waals surface area contributed by atoms with Crippen LogP contribution in [0.25, 0.3) is 0 Å². The van der Waals surface area contributed by atoms with E-state index >= 15 is 0 Å². The number of carbonyl (C=O) groups excluding carboxylic acids is 2. The summed E-state index contributed by atoms with van der Waals surface area (Å²) in [6.45, 7) is 0. The van der Waals surface area contributed by atoms with Gasteiger partial charge in [0.15, 0.2) is 11.4 Å². The Labute approximate surface area is 82.4 Å². The van der Waals surface area contributed by atoms with Gasteiger partial charge in [0.2, 0.25) is 0 Å². The highest BCUT2D eigenvalue weighted by Crippen LogP contribution is 2.31. The van der Waals surface area contributed by atoms with Crippen molar-refractivity contribution in [3.05, 3.63) is 24.3 Å². The minimum Gasteiger partial charge on any atom is -0.447 e. The van der Waals surface area contributed by atoms with E-state index in [2.05, 4.69) is 0 Å². The molecule has 0 radical (unpaired) electrons. The van der Waals surface area contributed by atoms with Gasteiger partial charge in [0, 0.05) is 6.08 Å². The number of esters is 1. The zero-order chi connectivity index (χ0) is 10.0. The summed E-state index contributed by atoms with van der Waals surface area (Å²) in [6.07, 6.45) is 9.43. The highest BCUT2D eigenvalue weighted by Gasteiger charge is 2.41. The second-order valence-electron chi connectivity index (χ2n) is 3.66. The summed E-state index contributed by atoms with van der Waals surface area (Å²) in [6, 6.07) is 0. The van der Waals surface area contributed by atoms with E-state index in [4.69, 9.17) is 4.74 Å². The molecule has 14 heavy (non-hydrogen) atoms. The van der Waals surface area contributed by atoms with E-state index in [9.17, 15) is 9.59 Å². The SMILES string of the molecule is O=C1C=CC(=O)C2(CCC=CCC2)O1. The first-order valence-corrected chi connectivity index (χ1v) is 4.83. The molecule has 0 saturated heterocycles. The Morgan fingerprint density at radius 2 is 1.71 bits per heavy atom. The van der Waals surface area contributed by atoms with Gasteiger partial charge >= 0.3 is 5.97 Å². The van der Waals surface area contributed by atoms with Crippen LogP contribution in [0.15, 0.2) is 24.3 Å². The predicted octanol–water partition coefficient (Wildman–Crippen LogP) is 1.54. The van der Waals surface area contributed by atoms with Gasteiger partial charge in [-0.15, -0.1) is 0 Å². The molecule has 0 bridgehead atoms. The molecule has 0 aromatic carbocycles. The lowest BCUT2D eigenvalue weighted by molar-refractivity contribution is -0.164. The van der Waals surface area contributed by atoms with Gasteiger partial charge in [0.05, 0.1) is 0 Å². The first-order valence-electron chi connectivity index (χ1n) is 4.83. The van der Waals surface area contributed by atoms with E-state index in [-0.39, 0.29) is 5.78 Å². The molecule has 0 unspecified atom stereocenters. The van der Waals surface area contributed by atoms with E-state index in [1.807, 2.05) is 12.2 Å². The lowest BCUT2D eigenvalue weighted by Gasteiger charge is -2.31. The molecule has 1 aliphatic heterocycles. The fourth-order valence-corrected chi connectivity index (χ4v) is 1.91. The summed E-state index contributed by atoms with van der Waals surface area (Å²) in [5.74, 6) is -0.465. The first-order chi connectivity index (χ1) is 6.73. The maximum atomic E-state index is 11.7. The van der Waals surface area contributed by atoms with Crippen molar-refractivity contribution in [2.45, 2.75) is 31.3 Å². The van der Waals surface area contributed by atoms with E-state index in [1.54, 1.807) is 0 Å². The van der Waals surface area contributed by atoms with Crippen molar-refractivity contribution in [1.29, 1.82) is 0 Å². The molecule has 0 saturated carbocycles. The zero-order valence-electron chi connectivity index (χ0n) is 7.86. The number of rotatable bonds is 0. The quantitative estimate of drug-likeness (QED) is 0.432. The standard InChI is InChI=1S/C11H12O3/c12-9-5-6-10(13)14-11(9)7-3-1-2-4-8-11/h1-2,5-6H,3-4,7-8H2. The van der Waals surface area contributed by atoms with Gasteiger partial charge in [0.25, 0.3) is 0 Å². The van der Waals surface area contributed by atoms with Crippen LogP contribution in [-0.2, 0) is 14.3 Å². The maximum Gasteiger partial charge on any atom is 0.331 e. The van der Waals surface area contributed by atoms with Crippen molar-refractivity contribution < 1.29 is 14.3 Å². The van der Waals surface area contributed by atoms with Crippen LogP contribution in [0.3, 0.4) is 0 Å². The summed E-state index contributed by atoms with van der Waals surface area (Å²) in [4.78, 5) is 22.8. The number of allylic oxidation sites excluding steroid dienone is 2. The van der Waals surface area contributed by atoms with Gasteiger partial charge in [-0.05, 0) is 31.8 Å². The Balaban J connectivity index is 2.25. The van der Waals surface area contributed by atoms with Crippen LogP contribution in [0.1, 0.15) is 25.7 Å². The highest BCUT2D eigenvalue weighted by atomic mass is 16.6. The Bertz CT molecular complexity index is 315. The fraction of sp³-hybridized carbons (Fsp3) is 0.455. The van der Waals surface area contributed by atoms with Gasteiger partial charge in [0.1, 0.15) is 0 Å². The monoisotopic (exact) mass is 192 g/mol. The number of hydrogen-bond acceptors (Lipinski definition) is 3. The lowest BCUT2D eigenvalue weighted by Crippen LogP contribution is -2.44. The molecule has 0 aromatic rings. The molecular formula is C11H12O3. The maximum absolute atomic E-state index is 11.7. The van der Waals surface area contributed by atoms with Crippen molar-refractivity contribution in [2.75, 3.05) is 0 Å². The Morgan fingerprint density at radius 1 is 1.07 bits per heavy atom. The Hall–Kier alpha value is -1.38. The fourth-order valence-electron chi connectivity index (χ4n) is 1.91. The van der Waals surface area contributed by atoms with Crippen LogP contribution < -0.4 is 0 Å². The second-order valence-corrected chi connectivity index (χ2v) is 3.66. The van der Waals surface area contributed by atoms with Gasteiger partial charge in [-0.1, -0.05) is 12.2 Å². The van der Waals surface area contributed by atoms with E-state index in [0.29, 0.717) is 12.8 Å². The Kier molecular flexibility index (Phi) is 2.23. The molecule has 1 spiro atoms. The molecule has 2 rings (SSSR count). The summed E-state index contributed by atoms with van der Waals surface area (Å²) in [5.41, 5.74) is -0.866. The minimum absolute atomic E-state index is 0.0687. The molecule has 0 N–H and O–H groups in total. The summed E-state index contributed by atoms with van der Waals surface area (Å²) in [7, 11) is 0. The molecule has 2 aliphatic rings. The zero-order valence-corrected chi connectivity index (χ0v) is 7.86. The third kappa shape index (κ3) is 1.50. The van der Waals surface area contributed by atoms with Gasteiger partial charge in [-0.3, -0.25) is 4.79 Å². The van der Waals surface area contributed by atoms with Crippen molar-refractivity contribution in [3.63, 3.8) is 0 Å². The number of hydrogen-bond donors (Lipinski definition) is 0. The van der Waals surface area contributed by atoms with E-state index in [0.717, 1.165) is 12.8 Å². The van der Waals surface area contributed by atoms with E-state index < -0.39 is 11.6 Å². The second kappa shape index (κ2) is 3.40. The molecule has 1 aliphatic carbocycles. The number of ether oxygens (including phenoxy) is 1. The van der Waals surface area contributed by atoms with Crippen LogP contribution in [0.5, 0.6) is 0 Å². The van der Waals surface area contributed by atoms with Crippen molar-refractivity contribution in [1.82, 2.24) is 0 Å². The highest BCUT2D eigenvalue weighted by molar-refractivity contribution is 6.05. The number of ketones is 1. The van der Waals surface area contributed by atoms with Crippen LogP contribution in [0.2, 0.25) is 0 Å². The van der Waals surface area contributed by atoms with Crippen molar-refractivity contribution in [2.24, 2.45) is 0 Å². The molecule has 3 heteroatoms. The van der Waals surface area contributed by atoms with Gasteiger partial charge in [-0.2, -0.15) is 0 Å². The molecule has 0 aromatic heterocycles. The minimum atomic E-state index is -0.866. The normalized spacial score (nSPS) is 24.9. The number of carbonyl (C=O) groups is 2. The predicted molar refractivity (Wildman–Crippen MR) is 50.6 cm³/mol. The van der Waals surface area contributed by atoms with Gasteiger partial charge < -0.3 is 4.74 Å². The molecule has 74 valence electrons. The molecule has 0 fully saturated rings. The third-order valence-corrected chi connectivity index (χ3v) is 2.71. The average molecular weight is 192 g/mol. The molecular weight excluding hydrogens is 180 g/mol. The van der Waals surface area contributed by atoms with E-state index in [1.165, 1.54) is 12.2 Å². The van der Waals surface area contributed by atoms with Crippen molar-refractivity contribution >= 4 is 11.8 Å². The van der Waals surface area contributed by atoms with Gasteiger partial charge in [-0.25, -0.2) is 4.79 Å². The smallest absolute Gasteiger partial charge is 0.331 e. The Morgan fingerprint density at radius 3 is 2.36 bits per heavy atom. The van der Waals surface area contributed by atoms with Crippen LogP contribution >= 0.6 is 0 Å². The van der Waals surface area contributed by atoms with Crippen LogP contribution in [-0.4, -0.2) is 17.4 Å². The summed E-state index contributed by atoms with van der Waals surface area (Å²) < 4.78 is 5.19. The molecule has 0 atom stereocenters. The largest absolute Gasteiger partial charge is 0.447 e. The molecule has 3 nitrogen and oxygen atoms in total. The first kappa shape index (κ1) is 9.19. The summed E-state index contributed by atoms with van der Waals surface area (Å²) in [5, 5.41) is 0. The molecule has 0 amide bonds. The topological polar surface area (TPSA) is 43.4 Å². The average Bonchev–Trinajstić information content (AvgIpc) is 2.39. The lowest BCUT2D eigenvalue weighted by atomic mass is 9.87.